The highest BCUT2D eigenvalue weighted by Crippen LogP contribution is 2.16. The highest BCUT2D eigenvalue weighted by molar-refractivity contribution is 9.10. The molecule has 0 bridgehead atoms. The first-order chi connectivity index (χ1) is 5.20. The lowest BCUT2D eigenvalue weighted by Crippen LogP contribution is -1.77. The lowest BCUT2D eigenvalue weighted by atomic mass is 10.2. The minimum absolute atomic E-state index is 1.04. The van der Waals surface area contributed by atoms with E-state index in [-0.39, 0.29) is 0 Å². The van der Waals surface area contributed by atoms with Crippen molar-refractivity contribution in [2.75, 3.05) is 0 Å². The number of pyridine rings is 1. The molecule has 0 unspecified atom stereocenters. The third-order valence-corrected chi connectivity index (χ3v) is 1.91. The third kappa shape index (κ3) is 2.46. The molecule has 1 rings (SSSR count). The molecule has 0 aliphatic carbocycles. The second-order valence-electron chi connectivity index (χ2n) is 2.62. The molecule has 58 valence electrons. The first-order valence-electron chi connectivity index (χ1n) is 3.44. The van der Waals surface area contributed by atoms with E-state index in [1.54, 1.807) is 12.4 Å². The normalized spacial score (nSPS) is 9.36. The van der Waals surface area contributed by atoms with Crippen LogP contribution in [0.2, 0.25) is 0 Å². The highest BCUT2D eigenvalue weighted by Gasteiger charge is 1.93. The van der Waals surface area contributed by atoms with E-state index in [1.165, 1.54) is 11.1 Å². The number of halogens is 1. The van der Waals surface area contributed by atoms with Gasteiger partial charge in [0.15, 0.2) is 0 Å². The summed E-state index contributed by atoms with van der Waals surface area (Å²) in [7, 11) is 0. The van der Waals surface area contributed by atoms with Gasteiger partial charge in [0, 0.05) is 16.9 Å². The predicted molar refractivity (Wildman–Crippen MR) is 51.3 cm³/mol. The summed E-state index contributed by atoms with van der Waals surface area (Å²) in [5.41, 5.74) is 2.47. The van der Waals surface area contributed by atoms with Crippen LogP contribution in [0.1, 0.15) is 19.4 Å². The summed E-state index contributed by atoms with van der Waals surface area (Å²) < 4.78 is 1.04. The van der Waals surface area contributed by atoms with Gasteiger partial charge in [-0.1, -0.05) is 11.6 Å². The van der Waals surface area contributed by atoms with Crippen molar-refractivity contribution in [2.24, 2.45) is 0 Å². The maximum atomic E-state index is 3.98. The van der Waals surface area contributed by atoms with Crippen LogP contribution < -0.4 is 0 Å². The SMILES string of the molecule is CC(C)=Cc1ccncc1Br. The summed E-state index contributed by atoms with van der Waals surface area (Å²) in [5, 5.41) is 0. The molecule has 11 heavy (non-hydrogen) atoms. The van der Waals surface area contributed by atoms with E-state index in [2.05, 4.69) is 40.8 Å². The quantitative estimate of drug-likeness (QED) is 0.696. The largest absolute Gasteiger partial charge is 0.264 e. The molecular formula is C9H10BrN. The topological polar surface area (TPSA) is 12.9 Å². The fourth-order valence-electron chi connectivity index (χ4n) is 0.814. The van der Waals surface area contributed by atoms with Crippen molar-refractivity contribution in [1.29, 1.82) is 0 Å². The Balaban J connectivity index is 3.04. The summed E-state index contributed by atoms with van der Waals surface area (Å²) in [6.45, 7) is 4.15. The van der Waals surface area contributed by atoms with E-state index in [4.69, 9.17) is 0 Å². The lowest BCUT2D eigenvalue weighted by Gasteiger charge is -1.96. The molecule has 1 aromatic rings. The number of hydrogen-bond acceptors (Lipinski definition) is 1. The summed E-state index contributed by atoms with van der Waals surface area (Å²) >= 11 is 3.42. The Morgan fingerprint density at radius 1 is 1.55 bits per heavy atom. The Morgan fingerprint density at radius 3 is 2.82 bits per heavy atom. The van der Waals surface area contributed by atoms with Gasteiger partial charge in [-0.05, 0) is 41.4 Å². The van der Waals surface area contributed by atoms with Gasteiger partial charge in [-0.2, -0.15) is 0 Å². The Bertz CT molecular complexity index is 275. The molecule has 2 heteroatoms. The smallest absolute Gasteiger partial charge is 0.0431 e. The average molecular weight is 212 g/mol. The van der Waals surface area contributed by atoms with Crippen LogP contribution in [0.25, 0.3) is 6.08 Å². The first kappa shape index (κ1) is 8.47. The molecule has 1 nitrogen and oxygen atoms in total. The van der Waals surface area contributed by atoms with Crippen LogP contribution in [0, 0.1) is 0 Å². The molecular weight excluding hydrogens is 202 g/mol. The predicted octanol–water partition coefficient (Wildman–Crippen LogP) is 3.27. The van der Waals surface area contributed by atoms with E-state index in [1.807, 2.05) is 6.07 Å². The summed E-state index contributed by atoms with van der Waals surface area (Å²) in [5.74, 6) is 0. The summed E-state index contributed by atoms with van der Waals surface area (Å²) in [4.78, 5) is 3.98. The van der Waals surface area contributed by atoms with Crippen molar-refractivity contribution in [3.8, 4) is 0 Å². The second kappa shape index (κ2) is 3.67. The van der Waals surface area contributed by atoms with Gasteiger partial charge in [-0.3, -0.25) is 4.98 Å². The Kier molecular flexibility index (Phi) is 2.83. The number of aromatic nitrogens is 1. The Morgan fingerprint density at radius 2 is 2.27 bits per heavy atom. The second-order valence-corrected chi connectivity index (χ2v) is 3.47. The number of rotatable bonds is 1. The lowest BCUT2D eigenvalue weighted by molar-refractivity contribution is 1.29. The van der Waals surface area contributed by atoms with Crippen molar-refractivity contribution in [1.82, 2.24) is 4.98 Å². The zero-order valence-electron chi connectivity index (χ0n) is 6.63. The van der Waals surface area contributed by atoms with Crippen molar-refractivity contribution in [3.63, 3.8) is 0 Å². The number of nitrogens with zero attached hydrogens (tertiary/aromatic N) is 1. The maximum Gasteiger partial charge on any atom is 0.0431 e. The summed E-state index contributed by atoms with van der Waals surface area (Å²) in [6, 6.07) is 1.98. The van der Waals surface area contributed by atoms with Gasteiger partial charge in [0.1, 0.15) is 0 Å². The standard InChI is InChI=1S/C9H10BrN/c1-7(2)5-8-3-4-11-6-9(8)10/h3-6H,1-2H3. The minimum Gasteiger partial charge on any atom is -0.264 e. The Hall–Kier alpha value is -0.630. The van der Waals surface area contributed by atoms with E-state index < -0.39 is 0 Å². The molecule has 0 aliphatic rings. The average Bonchev–Trinajstić information content (AvgIpc) is 1.93. The molecule has 0 aromatic carbocycles. The fourth-order valence-corrected chi connectivity index (χ4v) is 1.18. The van der Waals surface area contributed by atoms with Crippen LogP contribution >= 0.6 is 15.9 Å². The first-order valence-corrected chi connectivity index (χ1v) is 4.24. The number of allylic oxidation sites excluding steroid dienone is 1. The molecule has 0 atom stereocenters. The van der Waals surface area contributed by atoms with Crippen molar-refractivity contribution in [2.45, 2.75) is 13.8 Å². The molecule has 0 amide bonds. The van der Waals surface area contributed by atoms with E-state index in [0.717, 1.165) is 4.47 Å². The minimum atomic E-state index is 1.04. The van der Waals surface area contributed by atoms with Gasteiger partial charge in [0.2, 0.25) is 0 Å². The maximum absolute atomic E-state index is 3.98. The van der Waals surface area contributed by atoms with E-state index >= 15 is 0 Å². The molecule has 0 fully saturated rings. The van der Waals surface area contributed by atoms with Crippen molar-refractivity contribution in [3.05, 3.63) is 34.1 Å². The van der Waals surface area contributed by atoms with Gasteiger partial charge in [-0.15, -0.1) is 0 Å². The molecule has 0 saturated carbocycles. The van der Waals surface area contributed by atoms with Crippen LogP contribution in [0.5, 0.6) is 0 Å². The van der Waals surface area contributed by atoms with Gasteiger partial charge >= 0.3 is 0 Å². The van der Waals surface area contributed by atoms with E-state index in [9.17, 15) is 0 Å². The molecule has 0 saturated heterocycles. The van der Waals surface area contributed by atoms with E-state index in [0.29, 0.717) is 0 Å². The van der Waals surface area contributed by atoms with Crippen molar-refractivity contribution < 1.29 is 0 Å². The fraction of sp³-hybridized carbons (Fsp3) is 0.222. The monoisotopic (exact) mass is 211 g/mol. The van der Waals surface area contributed by atoms with Gasteiger partial charge in [-0.25, -0.2) is 0 Å². The highest BCUT2D eigenvalue weighted by atomic mass is 79.9. The third-order valence-electron chi connectivity index (χ3n) is 1.25. The molecule has 0 radical (unpaired) electrons. The molecule has 0 spiro atoms. The van der Waals surface area contributed by atoms with Crippen LogP contribution in [0.3, 0.4) is 0 Å². The zero-order chi connectivity index (χ0) is 8.27. The molecule has 0 aliphatic heterocycles. The number of hydrogen-bond donors (Lipinski definition) is 0. The molecule has 1 heterocycles. The van der Waals surface area contributed by atoms with Crippen LogP contribution in [-0.2, 0) is 0 Å². The summed E-state index contributed by atoms with van der Waals surface area (Å²) in [6.07, 6.45) is 5.71. The van der Waals surface area contributed by atoms with Crippen LogP contribution in [0.15, 0.2) is 28.5 Å². The van der Waals surface area contributed by atoms with Crippen LogP contribution in [0.4, 0.5) is 0 Å². The van der Waals surface area contributed by atoms with Gasteiger partial charge in [0.25, 0.3) is 0 Å². The molecule has 0 N–H and O–H groups in total. The van der Waals surface area contributed by atoms with Crippen molar-refractivity contribution >= 4 is 22.0 Å². The van der Waals surface area contributed by atoms with Gasteiger partial charge in [0.05, 0.1) is 0 Å². The zero-order valence-corrected chi connectivity index (χ0v) is 8.22. The van der Waals surface area contributed by atoms with Gasteiger partial charge < -0.3 is 0 Å². The Labute approximate surface area is 75.3 Å². The molecule has 1 aromatic heterocycles. The van der Waals surface area contributed by atoms with Crippen LogP contribution in [-0.4, -0.2) is 4.98 Å².